The van der Waals surface area contributed by atoms with Crippen LogP contribution >= 0.6 is 0 Å². The lowest BCUT2D eigenvalue weighted by atomic mass is 10.2. The topological polar surface area (TPSA) is 51.5 Å². The Balaban J connectivity index is 0.00000100. The molecule has 0 radical (unpaired) electrons. The van der Waals surface area contributed by atoms with Gasteiger partial charge in [-0.3, -0.25) is 0 Å². The molecule has 0 aromatic heterocycles. The summed E-state index contributed by atoms with van der Waals surface area (Å²) in [7, 11) is -0.868. The predicted molar refractivity (Wildman–Crippen MR) is 91.9 cm³/mol. The Labute approximate surface area is 142 Å². The second-order valence-electron chi connectivity index (χ2n) is 4.58. The molecule has 0 aliphatic heterocycles. The quantitative estimate of drug-likeness (QED) is 0.502. The summed E-state index contributed by atoms with van der Waals surface area (Å²) in [5.74, 6) is 2.04. The van der Waals surface area contributed by atoms with Crippen molar-refractivity contribution in [2.45, 2.75) is 0 Å². The van der Waals surface area contributed by atoms with Gasteiger partial charge in [-0.2, -0.15) is 0 Å². The Morgan fingerprint density at radius 2 is 0.750 bits per heavy atom. The SMILES string of the molecule is [C-]#N.c1ccc(OB(Oc2ccccc2)Oc2ccccc2)cc1. The van der Waals surface area contributed by atoms with Crippen molar-refractivity contribution in [2.24, 2.45) is 0 Å². The zero-order chi connectivity index (χ0) is 17.0. The monoisotopic (exact) mass is 316 g/mol. The highest BCUT2D eigenvalue weighted by Crippen LogP contribution is 2.17. The molecule has 5 heteroatoms. The summed E-state index contributed by atoms with van der Waals surface area (Å²) >= 11 is 0. The molecule has 24 heavy (non-hydrogen) atoms. The van der Waals surface area contributed by atoms with Crippen LogP contribution in [0.1, 0.15) is 0 Å². The van der Waals surface area contributed by atoms with Crippen LogP contribution in [-0.2, 0) is 0 Å². The molecule has 0 heterocycles. The molecule has 0 unspecified atom stereocenters. The predicted octanol–water partition coefficient (Wildman–Crippen LogP) is 4.30. The van der Waals surface area contributed by atoms with Crippen molar-refractivity contribution in [3.63, 3.8) is 0 Å². The first kappa shape index (κ1) is 17.0. The molecular weight excluding hydrogens is 301 g/mol. The van der Waals surface area contributed by atoms with Crippen molar-refractivity contribution >= 4 is 7.32 Å². The molecule has 0 aliphatic rings. The fourth-order valence-corrected chi connectivity index (χ4v) is 1.90. The van der Waals surface area contributed by atoms with E-state index in [-0.39, 0.29) is 0 Å². The van der Waals surface area contributed by atoms with Crippen molar-refractivity contribution in [3.05, 3.63) is 97.6 Å². The molecule has 0 amide bonds. The Morgan fingerprint density at radius 1 is 0.500 bits per heavy atom. The molecule has 0 N–H and O–H groups in total. The third kappa shape index (κ3) is 5.43. The third-order valence-electron chi connectivity index (χ3n) is 2.93. The van der Waals surface area contributed by atoms with Crippen molar-refractivity contribution in [3.8, 4) is 17.2 Å². The molecule has 0 spiro atoms. The van der Waals surface area contributed by atoms with Crippen LogP contribution in [0.5, 0.6) is 17.2 Å². The van der Waals surface area contributed by atoms with Gasteiger partial charge in [-0.1, -0.05) is 54.6 Å². The molecule has 118 valence electrons. The molecule has 4 nitrogen and oxygen atoms in total. The molecule has 3 aromatic carbocycles. The van der Waals surface area contributed by atoms with Gasteiger partial charge in [0.05, 0.1) is 0 Å². The minimum atomic E-state index is -0.868. The molecule has 0 bridgehead atoms. The standard InChI is InChI=1S/C18H15BO3.CN/c1-4-10-16(11-5-1)20-19(21-17-12-6-2-7-13-17)22-18-14-8-3-9-15-18;1-2/h1-15H;/q;-1. The van der Waals surface area contributed by atoms with Gasteiger partial charge in [-0.25, -0.2) is 0 Å². The second-order valence-corrected chi connectivity index (χ2v) is 4.58. The zero-order valence-electron chi connectivity index (χ0n) is 12.9. The van der Waals surface area contributed by atoms with E-state index in [0.717, 1.165) is 0 Å². The van der Waals surface area contributed by atoms with Gasteiger partial charge in [0, 0.05) is 0 Å². The van der Waals surface area contributed by atoms with E-state index in [9.17, 15) is 0 Å². The maximum atomic E-state index is 6.25. The number of rotatable bonds is 6. The lowest BCUT2D eigenvalue weighted by molar-refractivity contribution is 0.307. The van der Waals surface area contributed by atoms with E-state index in [0.29, 0.717) is 17.2 Å². The maximum absolute atomic E-state index is 6.25. The molecule has 0 fully saturated rings. The fraction of sp³-hybridized carbons (Fsp3) is 0. The maximum Gasteiger partial charge on any atom is 0.864 e. The normalized spacial score (nSPS) is 9.08. The third-order valence-corrected chi connectivity index (χ3v) is 2.93. The Morgan fingerprint density at radius 3 is 1.00 bits per heavy atom. The average molecular weight is 316 g/mol. The van der Waals surface area contributed by atoms with Crippen LogP contribution in [0, 0.1) is 11.8 Å². The van der Waals surface area contributed by atoms with Crippen LogP contribution in [0.3, 0.4) is 0 Å². The summed E-state index contributed by atoms with van der Waals surface area (Å²) in [4.78, 5) is 0. The van der Waals surface area contributed by atoms with E-state index in [4.69, 9.17) is 25.8 Å². The lowest BCUT2D eigenvalue weighted by Crippen LogP contribution is -2.36. The fourth-order valence-electron chi connectivity index (χ4n) is 1.90. The summed E-state index contributed by atoms with van der Waals surface area (Å²) < 4.78 is 17.3. The van der Waals surface area contributed by atoms with Crippen LogP contribution in [-0.4, -0.2) is 7.32 Å². The van der Waals surface area contributed by atoms with E-state index in [1.807, 2.05) is 91.0 Å². The van der Waals surface area contributed by atoms with E-state index in [1.54, 1.807) is 0 Å². The van der Waals surface area contributed by atoms with Gasteiger partial charge in [0.25, 0.3) is 0 Å². The average Bonchev–Trinajstić information content (AvgIpc) is 2.66. The highest BCUT2D eigenvalue weighted by atomic mass is 16.7. The van der Waals surface area contributed by atoms with Gasteiger partial charge in [-0.15, -0.1) is 0 Å². The largest absolute Gasteiger partial charge is 0.864 e. The van der Waals surface area contributed by atoms with Crippen molar-refractivity contribution in [1.82, 2.24) is 0 Å². The summed E-state index contributed by atoms with van der Waals surface area (Å²) in [6.07, 6.45) is 0. The van der Waals surface area contributed by atoms with E-state index >= 15 is 0 Å². The van der Waals surface area contributed by atoms with Gasteiger partial charge in [0.1, 0.15) is 17.2 Å². The Kier molecular flexibility index (Phi) is 6.79. The number of hydrogen-bond acceptors (Lipinski definition) is 4. The summed E-state index contributed by atoms with van der Waals surface area (Å²) in [6.45, 7) is 4.75. The highest BCUT2D eigenvalue weighted by Gasteiger charge is 2.29. The van der Waals surface area contributed by atoms with Gasteiger partial charge < -0.3 is 25.8 Å². The summed E-state index contributed by atoms with van der Waals surface area (Å²) in [6, 6.07) is 28.3. The Bertz CT molecular complexity index is 622. The summed E-state index contributed by atoms with van der Waals surface area (Å²) in [5, 5.41) is 6.25. The molecule has 3 rings (SSSR count). The summed E-state index contributed by atoms with van der Waals surface area (Å²) in [5.41, 5.74) is 0. The minimum absolute atomic E-state index is 0.680. The van der Waals surface area contributed by atoms with Crippen LogP contribution in [0.4, 0.5) is 0 Å². The smallest absolute Gasteiger partial charge is 0.512 e. The van der Waals surface area contributed by atoms with Gasteiger partial charge >= 0.3 is 7.32 Å². The van der Waals surface area contributed by atoms with Gasteiger partial charge in [0.15, 0.2) is 0 Å². The van der Waals surface area contributed by atoms with E-state index in [1.165, 1.54) is 0 Å². The first-order valence-electron chi connectivity index (χ1n) is 7.28. The van der Waals surface area contributed by atoms with E-state index < -0.39 is 7.32 Å². The molecule has 0 aliphatic carbocycles. The minimum Gasteiger partial charge on any atom is -0.512 e. The number of nitrogens with zero attached hydrogens (tertiary/aromatic N) is 1. The van der Waals surface area contributed by atoms with Crippen molar-refractivity contribution in [1.29, 1.82) is 5.26 Å². The van der Waals surface area contributed by atoms with Crippen LogP contribution in [0.25, 0.3) is 0 Å². The molecule has 0 saturated heterocycles. The molecular formula is C19H15BNO3-. The van der Waals surface area contributed by atoms with Crippen LogP contribution in [0.2, 0.25) is 0 Å². The zero-order valence-corrected chi connectivity index (χ0v) is 12.9. The van der Waals surface area contributed by atoms with Crippen molar-refractivity contribution in [2.75, 3.05) is 0 Å². The number of hydrogen-bond donors (Lipinski definition) is 0. The van der Waals surface area contributed by atoms with E-state index in [2.05, 4.69) is 0 Å². The van der Waals surface area contributed by atoms with Crippen LogP contribution in [0.15, 0.2) is 91.0 Å². The van der Waals surface area contributed by atoms with Crippen molar-refractivity contribution < 1.29 is 14.0 Å². The molecule has 0 atom stereocenters. The highest BCUT2D eigenvalue weighted by molar-refractivity contribution is 6.39. The van der Waals surface area contributed by atoms with Crippen LogP contribution < -0.4 is 14.0 Å². The van der Waals surface area contributed by atoms with Gasteiger partial charge in [-0.05, 0) is 36.4 Å². The van der Waals surface area contributed by atoms with Gasteiger partial charge in [0.2, 0.25) is 0 Å². The first-order valence-corrected chi connectivity index (χ1v) is 7.28. The first-order chi connectivity index (χ1) is 11.9. The number of para-hydroxylation sites is 3. The molecule has 3 aromatic rings. The number of benzene rings is 3. The molecule has 0 saturated carbocycles. The lowest BCUT2D eigenvalue weighted by Gasteiger charge is -2.16. The second kappa shape index (κ2) is 9.60. The Hall–Kier alpha value is -3.39.